The van der Waals surface area contributed by atoms with Crippen molar-refractivity contribution in [3.63, 3.8) is 0 Å². The predicted octanol–water partition coefficient (Wildman–Crippen LogP) is 1.17. The monoisotopic (exact) mass is 309 g/mol. The minimum absolute atomic E-state index is 0.0341. The van der Waals surface area contributed by atoms with Gasteiger partial charge < -0.3 is 5.11 Å². The number of nitrogens with zero attached hydrogens (tertiary/aromatic N) is 2. The van der Waals surface area contributed by atoms with Gasteiger partial charge in [-0.05, 0) is 25.0 Å². The third-order valence-electron chi connectivity index (χ3n) is 4.05. The van der Waals surface area contributed by atoms with E-state index in [1.807, 2.05) is 0 Å². The van der Waals surface area contributed by atoms with Crippen LogP contribution in [0.3, 0.4) is 0 Å². The molecule has 0 radical (unpaired) electrons. The highest BCUT2D eigenvalue weighted by Crippen LogP contribution is 2.35. The van der Waals surface area contributed by atoms with E-state index in [-0.39, 0.29) is 29.2 Å². The molecule has 114 valence electrons. The largest absolute Gasteiger partial charge is 0.396 e. The lowest BCUT2D eigenvalue weighted by Crippen LogP contribution is -2.41. The van der Waals surface area contributed by atoms with Crippen molar-refractivity contribution < 1.29 is 13.5 Å². The van der Waals surface area contributed by atoms with Crippen molar-refractivity contribution in [2.75, 3.05) is 13.2 Å². The normalized spacial score (nSPS) is 18.1. The van der Waals surface area contributed by atoms with Gasteiger partial charge in [0.05, 0.1) is 0 Å². The van der Waals surface area contributed by atoms with Gasteiger partial charge in [-0.2, -0.15) is 5.26 Å². The zero-order valence-corrected chi connectivity index (χ0v) is 12.6. The van der Waals surface area contributed by atoms with Crippen LogP contribution in [0.25, 0.3) is 0 Å². The number of rotatable bonds is 5. The predicted molar refractivity (Wildman–Crippen MR) is 76.7 cm³/mol. The molecule has 1 heterocycles. The molecule has 7 heteroatoms. The lowest BCUT2D eigenvalue weighted by molar-refractivity contribution is 0.0867. The third kappa shape index (κ3) is 3.59. The van der Waals surface area contributed by atoms with Crippen molar-refractivity contribution in [2.24, 2.45) is 5.41 Å². The number of nitrogens with one attached hydrogen (secondary N) is 1. The molecule has 0 saturated heterocycles. The molecule has 0 aliphatic heterocycles. The first-order valence-electron chi connectivity index (χ1n) is 6.99. The molecule has 0 spiro atoms. The fourth-order valence-electron chi connectivity index (χ4n) is 2.71. The Morgan fingerprint density at radius 3 is 2.71 bits per heavy atom. The van der Waals surface area contributed by atoms with Crippen LogP contribution < -0.4 is 4.72 Å². The number of hydrogen-bond donors (Lipinski definition) is 2. The highest BCUT2D eigenvalue weighted by atomic mass is 32.2. The molecule has 2 N–H and O–H groups in total. The summed E-state index contributed by atoms with van der Waals surface area (Å²) in [6.07, 6.45) is 6.12. The molecule has 1 fully saturated rings. The zero-order chi connectivity index (χ0) is 15.3. The van der Waals surface area contributed by atoms with E-state index < -0.39 is 10.0 Å². The summed E-state index contributed by atoms with van der Waals surface area (Å²) in [7, 11) is -3.80. The Labute approximate surface area is 124 Å². The maximum absolute atomic E-state index is 12.3. The van der Waals surface area contributed by atoms with E-state index in [4.69, 9.17) is 5.26 Å². The Kier molecular flexibility index (Phi) is 4.93. The van der Waals surface area contributed by atoms with Crippen LogP contribution in [0.1, 0.15) is 37.8 Å². The number of nitriles is 1. The number of pyridine rings is 1. The number of aliphatic hydroxyl groups excluding tert-OH is 1. The number of sulfonamides is 1. The van der Waals surface area contributed by atoms with E-state index in [2.05, 4.69) is 9.71 Å². The molecule has 0 bridgehead atoms. The van der Waals surface area contributed by atoms with Crippen LogP contribution in [-0.2, 0) is 10.0 Å². The Morgan fingerprint density at radius 2 is 2.10 bits per heavy atom. The Bertz CT molecular complexity index is 631. The molecular formula is C14H19N3O3S. The van der Waals surface area contributed by atoms with Gasteiger partial charge in [-0.15, -0.1) is 0 Å². The average Bonchev–Trinajstić information content (AvgIpc) is 2.54. The molecule has 0 aromatic carbocycles. The first-order valence-corrected chi connectivity index (χ1v) is 8.47. The van der Waals surface area contributed by atoms with Crippen LogP contribution >= 0.6 is 0 Å². The second-order valence-electron chi connectivity index (χ2n) is 5.51. The van der Waals surface area contributed by atoms with Gasteiger partial charge in [0.15, 0.2) is 5.69 Å². The second kappa shape index (κ2) is 6.52. The first kappa shape index (κ1) is 15.9. The van der Waals surface area contributed by atoms with Crippen LogP contribution in [0.15, 0.2) is 23.2 Å². The van der Waals surface area contributed by atoms with Crippen LogP contribution in [-0.4, -0.2) is 31.7 Å². The molecule has 6 nitrogen and oxygen atoms in total. The SMILES string of the molecule is N#Cc1ncccc1S(=O)(=O)NCC1(CO)CCCCC1. The summed E-state index contributed by atoms with van der Waals surface area (Å²) in [6, 6.07) is 4.63. The smallest absolute Gasteiger partial charge is 0.243 e. The Morgan fingerprint density at radius 1 is 1.38 bits per heavy atom. The van der Waals surface area contributed by atoms with E-state index in [0.29, 0.717) is 0 Å². The van der Waals surface area contributed by atoms with E-state index in [9.17, 15) is 13.5 Å². The zero-order valence-electron chi connectivity index (χ0n) is 11.7. The fourth-order valence-corrected chi connectivity index (χ4v) is 3.97. The van der Waals surface area contributed by atoms with Gasteiger partial charge in [-0.1, -0.05) is 19.3 Å². The lowest BCUT2D eigenvalue weighted by Gasteiger charge is -2.35. The highest BCUT2D eigenvalue weighted by molar-refractivity contribution is 7.89. The van der Waals surface area contributed by atoms with Crippen molar-refractivity contribution in [2.45, 2.75) is 37.0 Å². The van der Waals surface area contributed by atoms with Gasteiger partial charge in [0.1, 0.15) is 11.0 Å². The van der Waals surface area contributed by atoms with Crippen molar-refractivity contribution in [3.8, 4) is 6.07 Å². The maximum Gasteiger partial charge on any atom is 0.243 e. The third-order valence-corrected chi connectivity index (χ3v) is 5.49. The quantitative estimate of drug-likeness (QED) is 0.850. The minimum atomic E-state index is -3.80. The van der Waals surface area contributed by atoms with E-state index >= 15 is 0 Å². The van der Waals surface area contributed by atoms with Gasteiger partial charge in [0.2, 0.25) is 10.0 Å². The highest BCUT2D eigenvalue weighted by Gasteiger charge is 2.33. The molecule has 1 saturated carbocycles. The standard InChI is InChI=1S/C14H19N3O3S/c15-9-12-13(5-4-8-16-12)21(19,20)17-10-14(11-18)6-2-1-3-7-14/h4-5,8,17-18H,1-3,6-7,10-11H2. The topological polar surface area (TPSA) is 103 Å². The molecule has 1 aromatic heterocycles. The summed E-state index contributed by atoms with van der Waals surface area (Å²) >= 11 is 0. The van der Waals surface area contributed by atoms with Crippen LogP contribution in [0.2, 0.25) is 0 Å². The number of hydrogen-bond acceptors (Lipinski definition) is 5. The molecule has 1 aliphatic rings. The molecular weight excluding hydrogens is 290 g/mol. The van der Waals surface area contributed by atoms with Crippen molar-refractivity contribution >= 4 is 10.0 Å². The minimum Gasteiger partial charge on any atom is -0.396 e. The molecule has 1 aromatic rings. The van der Waals surface area contributed by atoms with Gasteiger partial charge in [-0.25, -0.2) is 18.1 Å². The summed E-state index contributed by atoms with van der Waals surface area (Å²) in [5, 5.41) is 18.6. The van der Waals surface area contributed by atoms with Crippen molar-refractivity contribution in [1.29, 1.82) is 5.26 Å². The summed E-state index contributed by atoms with van der Waals surface area (Å²) in [4.78, 5) is 3.65. The molecule has 0 atom stereocenters. The molecule has 2 rings (SSSR count). The van der Waals surface area contributed by atoms with Crippen LogP contribution in [0, 0.1) is 16.7 Å². The van der Waals surface area contributed by atoms with E-state index in [1.54, 1.807) is 6.07 Å². The summed E-state index contributed by atoms with van der Waals surface area (Å²) in [5.74, 6) is 0. The van der Waals surface area contributed by atoms with E-state index in [0.717, 1.165) is 32.1 Å². The first-order chi connectivity index (χ1) is 10.0. The Balaban J connectivity index is 2.16. The van der Waals surface area contributed by atoms with Crippen LogP contribution in [0.4, 0.5) is 0 Å². The fraction of sp³-hybridized carbons (Fsp3) is 0.571. The van der Waals surface area contributed by atoms with Gasteiger partial charge in [0.25, 0.3) is 0 Å². The maximum atomic E-state index is 12.3. The van der Waals surface area contributed by atoms with E-state index in [1.165, 1.54) is 18.3 Å². The molecule has 1 aliphatic carbocycles. The number of aromatic nitrogens is 1. The summed E-state index contributed by atoms with van der Waals surface area (Å²) in [5.41, 5.74) is -0.507. The Hall–Kier alpha value is -1.49. The average molecular weight is 309 g/mol. The second-order valence-corrected chi connectivity index (χ2v) is 7.24. The van der Waals surface area contributed by atoms with Crippen molar-refractivity contribution in [1.82, 2.24) is 9.71 Å². The van der Waals surface area contributed by atoms with Crippen molar-refractivity contribution in [3.05, 3.63) is 24.0 Å². The summed E-state index contributed by atoms with van der Waals surface area (Å²) < 4.78 is 27.2. The van der Waals surface area contributed by atoms with Crippen LogP contribution in [0.5, 0.6) is 0 Å². The van der Waals surface area contributed by atoms with Gasteiger partial charge >= 0.3 is 0 Å². The lowest BCUT2D eigenvalue weighted by atomic mass is 9.75. The van der Waals surface area contributed by atoms with Gasteiger partial charge in [-0.3, -0.25) is 0 Å². The summed E-state index contributed by atoms with van der Waals surface area (Å²) in [6.45, 7) is 0.152. The molecule has 0 amide bonds. The van der Waals surface area contributed by atoms with Gasteiger partial charge in [0, 0.05) is 24.8 Å². The molecule has 21 heavy (non-hydrogen) atoms. The number of aliphatic hydroxyl groups is 1. The molecule has 0 unspecified atom stereocenters.